The first-order valence-corrected chi connectivity index (χ1v) is 9.95. The number of nitrogens with zero attached hydrogens (tertiary/aromatic N) is 7. The van der Waals surface area contributed by atoms with Crippen molar-refractivity contribution in [3.05, 3.63) is 43.0 Å². The summed E-state index contributed by atoms with van der Waals surface area (Å²) in [5.41, 5.74) is 0.864. The minimum absolute atomic E-state index is 0.0403. The molecule has 1 fully saturated rings. The van der Waals surface area contributed by atoms with Gasteiger partial charge in [0.05, 0.1) is 11.7 Å². The van der Waals surface area contributed by atoms with Gasteiger partial charge in [0.2, 0.25) is 0 Å². The summed E-state index contributed by atoms with van der Waals surface area (Å²) in [4.78, 5) is 22.3. The molecule has 9 heteroatoms. The number of rotatable bonds is 5. The van der Waals surface area contributed by atoms with Crippen LogP contribution in [0.15, 0.2) is 36.5 Å². The van der Waals surface area contributed by atoms with Crippen molar-refractivity contribution in [3.8, 4) is 0 Å². The van der Waals surface area contributed by atoms with Crippen LogP contribution >= 0.6 is 0 Å². The summed E-state index contributed by atoms with van der Waals surface area (Å²) in [5, 5.41) is 17.7. The number of carbonyl (C=O) groups is 1. The highest BCUT2D eigenvalue weighted by Crippen LogP contribution is 2.39. The number of amidine groups is 1. The lowest BCUT2D eigenvalue weighted by Gasteiger charge is -2.42. The Labute approximate surface area is 169 Å². The second-order valence-corrected chi connectivity index (χ2v) is 7.33. The number of carboxylic acid groups (broad SMARTS) is 1. The zero-order chi connectivity index (χ0) is 20.5. The number of aliphatic imine (C=N–C) groups is 1. The molecular formula is C20H25N7O2. The summed E-state index contributed by atoms with van der Waals surface area (Å²) in [6.07, 6.45) is 12.1. The molecule has 9 nitrogen and oxygen atoms in total. The van der Waals surface area contributed by atoms with Gasteiger partial charge in [-0.2, -0.15) is 0 Å². The Kier molecular flexibility index (Phi) is 5.04. The van der Waals surface area contributed by atoms with Crippen LogP contribution in [0.3, 0.4) is 0 Å². The molecule has 2 aromatic heterocycles. The fourth-order valence-electron chi connectivity index (χ4n) is 4.30. The van der Waals surface area contributed by atoms with Gasteiger partial charge in [-0.05, 0) is 26.2 Å². The molecule has 1 aliphatic carbocycles. The third kappa shape index (κ3) is 3.26. The van der Waals surface area contributed by atoms with Crippen molar-refractivity contribution in [2.45, 2.75) is 58.0 Å². The van der Waals surface area contributed by atoms with E-state index < -0.39 is 5.97 Å². The van der Waals surface area contributed by atoms with Crippen molar-refractivity contribution >= 4 is 23.3 Å². The van der Waals surface area contributed by atoms with E-state index in [9.17, 15) is 4.79 Å². The summed E-state index contributed by atoms with van der Waals surface area (Å²) in [7, 11) is 0. The molecule has 2 aliphatic rings. The maximum absolute atomic E-state index is 11.2. The van der Waals surface area contributed by atoms with E-state index in [0.717, 1.165) is 36.6 Å². The largest absolute Gasteiger partial charge is 0.476 e. The highest BCUT2D eigenvalue weighted by Gasteiger charge is 2.39. The van der Waals surface area contributed by atoms with Crippen molar-refractivity contribution in [2.24, 2.45) is 4.99 Å². The minimum atomic E-state index is -1.08. The van der Waals surface area contributed by atoms with E-state index in [0.29, 0.717) is 11.9 Å². The molecular weight excluding hydrogens is 370 g/mol. The molecule has 0 spiro atoms. The first kappa shape index (κ1) is 19.1. The molecule has 4 rings (SSSR count). The molecule has 1 atom stereocenters. The van der Waals surface area contributed by atoms with Crippen LogP contribution in [0.1, 0.15) is 68.3 Å². The molecule has 0 radical (unpaired) electrons. The molecule has 1 N–H and O–H groups in total. The minimum Gasteiger partial charge on any atom is -0.476 e. The SMILES string of the molecule is C=C(/N=C1\C(=C/C)n2cnnc2C(CC)N1C1CCCC1)n1cnc(C(=O)O)c1. The Morgan fingerprint density at radius 2 is 2.14 bits per heavy atom. The molecule has 1 aliphatic heterocycles. The molecule has 1 unspecified atom stereocenters. The van der Waals surface area contributed by atoms with E-state index in [1.807, 2.05) is 17.6 Å². The zero-order valence-corrected chi connectivity index (χ0v) is 16.7. The third-order valence-corrected chi connectivity index (χ3v) is 5.65. The van der Waals surface area contributed by atoms with Crippen molar-refractivity contribution in [3.63, 3.8) is 0 Å². The van der Waals surface area contributed by atoms with E-state index in [4.69, 9.17) is 10.1 Å². The van der Waals surface area contributed by atoms with Crippen molar-refractivity contribution < 1.29 is 9.90 Å². The predicted octanol–water partition coefficient (Wildman–Crippen LogP) is 3.27. The summed E-state index contributed by atoms with van der Waals surface area (Å²) in [6.45, 7) is 8.18. The van der Waals surface area contributed by atoms with Crippen molar-refractivity contribution in [2.75, 3.05) is 0 Å². The number of hydrogen-bond donors (Lipinski definition) is 1. The van der Waals surface area contributed by atoms with Gasteiger partial charge in [0.15, 0.2) is 17.4 Å². The Bertz CT molecular complexity index is 994. The summed E-state index contributed by atoms with van der Waals surface area (Å²) < 4.78 is 3.53. The molecule has 0 saturated heterocycles. The lowest BCUT2D eigenvalue weighted by atomic mass is 10.0. The molecule has 1 saturated carbocycles. The molecule has 152 valence electrons. The zero-order valence-electron chi connectivity index (χ0n) is 16.7. The summed E-state index contributed by atoms with van der Waals surface area (Å²) in [6, 6.07) is 0.456. The fraction of sp³-hybridized carbons (Fsp3) is 0.450. The van der Waals surface area contributed by atoms with Gasteiger partial charge in [0, 0.05) is 12.2 Å². The highest BCUT2D eigenvalue weighted by molar-refractivity contribution is 6.19. The number of hydrogen-bond acceptors (Lipinski definition) is 5. The molecule has 0 aromatic carbocycles. The quantitative estimate of drug-likeness (QED) is 0.834. The van der Waals surface area contributed by atoms with Crippen LogP contribution in [-0.4, -0.2) is 52.2 Å². The first-order chi connectivity index (χ1) is 14.0. The van der Waals surface area contributed by atoms with Crippen molar-refractivity contribution in [1.29, 1.82) is 0 Å². The topological polar surface area (TPSA) is 101 Å². The van der Waals surface area contributed by atoms with Gasteiger partial charge in [0.25, 0.3) is 0 Å². The number of imidazole rings is 1. The number of carboxylic acids is 1. The Morgan fingerprint density at radius 3 is 2.76 bits per heavy atom. The number of allylic oxidation sites excluding steroid dienone is 1. The fourth-order valence-corrected chi connectivity index (χ4v) is 4.30. The number of aromatic nitrogens is 5. The lowest BCUT2D eigenvalue weighted by Crippen LogP contribution is -2.47. The van der Waals surface area contributed by atoms with Gasteiger partial charge in [-0.1, -0.05) is 32.4 Å². The van der Waals surface area contributed by atoms with E-state index in [1.165, 1.54) is 25.4 Å². The predicted molar refractivity (Wildman–Crippen MR) is 109 cm³/mol. The van der Waals surface area contributed by atoms with E-state index in [1.54, 1.807) is 10.9 Å². The number of aromatic carboxylic acids is 1. The maximum Gasteiger partial charge on any atom is 0.356 e. The summed E-state index contributed by atoms with van der Waals surface area (Å²) >= 11 is 0. The standard InChI is InChI=1S/C20H25N7O2/c1-4-16-18(23-13(3)25-10-15(20(28)29)21-11-25)27(14-8-6-7-9-14)17(5-2)19-24-22-12-26(16)19/h4,10-12,14,17H,3,5-9H2,1-2H3,(H,28,29)/b16-4+,23-18+. The van der Waals surface area contributed by atoms with Gasteiger partial charge in [0.1, 0.15) is 18.5 Å². The highest BCUT2D eigenvalue weighted by atomic mass is 16.4. The monoisotopic (exact) mass is 395 g/mol. The van der Waals surface area contributed by atoms with Crippen LogP contribution in [0.5, 0.6) is 0 Å². The lowest BCUT2D eigenvalue weighted by molar-refractivity contribution is 0.0691. The van der Waals surface area contributed by atoms with Crippen LogP contribution in [0, 0.1) is 0 Å². The smallest absolute Gasteiger partial charge is 0.356 e. The van der Waals surface area contributed by atoms with Gasteiger partial charge in [-0.15, -0.1) is 10.2 Å². The van der Waals surface area contributed by atoms with Gasteiger partial charge in [-0.3, -0.25) is 9.13 Å². The van der Waals surface area contributed by atoms with E-state index in [-0.39, 0.29) is 11.7 Å². The second kappa shape index (κ2) is 7.65. The van der Waals surface area contributed by atoms with E-state index >= 15 is 0 Å². The van der Waals surface area contributed by atoms with Crippen LogP contribution in [-0.2, 0) is 0 Å². The normalized spacial score (nSPS) is 22.4. The second-order valence-electron chi connectivity index (χ2n) is 7.33. The Balaban J connectivity index is 1.81. The summed E-state index contributed by atoms with van der Waals surface area (Å²) in [5.74, 6) is 1.07. The van der Waals surface area contributed by atoms with Crippen LogP contribution < -0.4 is 0 Å². The van der Waals surface area contributed by atoms with Gasteiger partial charge < -0.3 is 10.0 Å². The first-order valence-electron chi connectivity index (χ1n) is 9.95. The Hall–Kier alpha value is -3.23. The maximum atomic E-state index is 11.2. The van der Waals surface area contributed by atoms with Gasteiger partial charge >= 0.3 is 5.97 Å². The van der Waals surface area contributed by atoms with Crippen molar-refractivity contribution in [1.82, 2.24) is 29.2 Å². The average Bonchev–Trinajstić information content (AvgIpc) is 3.47. The molecule has 0 bridgehead atoms. The Morgan fingerprint density at radius 1 is 1.38 bits per heavy atom. The average molecular weight is 395 g/mol. The molecule has 29 heavy (non-hydrogen) atoms. The molecule has 0 amide bonds. The van der Waals surface area contributed by atoms with Crippen LogP contribution in [0.25, 0.3) is 11.5 Å². The molecule has 3 heterocycles. The third-order valence-electron chi connectivity index (χ3n) is 5.65. The van der Waals surface area contributed by atoms with Crippen LogP contribution in [0.2, 0.25) is 0 Å². The van der Waals surface area contributed by atoms with E-state index in [2.05, 4.69) is 33.6 Å². The number of fused-ring (bicyclic) bond motifs is 1. The van der Waals surface area contributed by atoms with Crippen LogP contribution in [0.4, 0.5) is 0 Å². The molecule has 2 aromatic rings. The van der Waals surface area contributed by atoms with Gasteiger partial charge in [-0.25, -0.2) is 14.8 Å².